The van der Waals surface area contributed by atoms with Gasteiger partial charge >= 0.3 is 5.97 Å². The Morgan fingerprint density at radius 2 is 1.95 bits per heavy atom. The Morgan fingerprint density at radius 3 is 2.57 bits per heavy atom. The highest BCUT2D eigenvalue weighted by Crippen LogP contribution is 2.31. The highest BCUT2D eigenvalue weighted by atomic mass is 79.9. The third-order valence-corrected chi connectivity index (χ3v) is 3.19. The molecule has 0 fully saturated rings. The van der Waals surface area contributed by atoms with Crippen molar-refractivity contribution in [2.75, 3.05) is 7.11 Å². The van der Waals surface area contributed by atoms with Gasteiger partial charge in [0, 0.05) is 4.47 Å². The van der Waals surface area contributed by atoms with Gasteiger partial charge in [-0.1, -0.05) is 15.9 Å². The monoisotopic (exact) mass is 347 g/mol. The van der Waals surface area contributed by atoms with Crippen molar-refractivity contribution in [1.29, 1.82) is 5.26 Å². The second-order valence-electron chi connectivity index (χ2n) is 4.02. The lowest BCUT2D eigenvalue weighted by molar-refractivity contribution is 0.0693. The molecule has 2 aromatic carbocycles. The maximum absolute atomic E-state index is 11.3. The Morgan fingerprint density at radius 1 is 1.24 bits per heavy atom. The molecule has 0 saturated carbocycles. The van der Waals surface area contributed by atoms with Crippen molar-refractivity contribution in [1.82, 2.24) is 0 Å². The number of carbonyl (C=O) groups is 1. The molecule has 2 aromatic rings. The summed E-state index contributed by atoms with van der Waals surface area (Å²) < 4.78 is 11.3. The molecule has 21 heavy (non-hydrogen) atoms. The normalized spacial score (nSPS) is 9.76. The molecule has 0 heterocycles. The summed E-state index contributed by atoms with van der Waals surface area (Å²) in [7, 11) is 1.45. The zero-order chi connectivity index (χ0) is 15.4. The summed E-state index contributed by atoms with van der Waals surface area (Å²) in [6.45, 7) is 0. The van der Waals surface area contributed by atoms with E-state index in [1.165, 1.54) is 19.2 Å². The van der Waals surface area contributed by atoms with Gasteiger partial charge in [-0.15, -0.1) is 0 Å². The van der Waals surface area contributed by atoms with Gasteiger partial charge in [0.25, 0.3) is 0 Å². The van der Waals surface area contributed by atoms with E-state index >= 15 is 0 Å². The molecule has 2 rings (SSSR count). The summed E-state index contributed by atoms with van der Waals surface area (Å²) in [6, 6.07) is 11.3. The Kier molecular flexibility index (Phi) is 4.45. The highest BCUT2D eigenvalue weighted by molar-refractivity contribution is 9.10. The van der Waals surface area contributed by atoms with Crippen molar-refractivity contribution in [3.63, 3.8) is 0 Å². The zero-order valence-corrected chi connectivity index (χ0v) is 12.5. The van der Waals surface area contributed by atoms with Crippen molar-refractivity contribution < 1.29 is 19.4 Å². The van der Waals surface area contributed by atoms with Crippen LogP contribution in [0.25, 0.3) is 0 Å². The van der Waals surface area contributed by atoms with E-state index in [1.807, 2.05) is 6.07 Å². The van der Waals surface area contributed by atoms with E-state index in [-0.39, 0.29) is 17.1 Å². The van der Waals surface area contributed by atoms with Gasteiger partial charge in [-0.25, -0.2) is 4.79 Å². The summed E-state index contributed by atoms with van der Waals surface area (Å²) in [5, 5.41) is 18.3. The molecule has 1 N–H and O–H groups in total. The van der Waals surface area contributed by atoms with E-state index in [9.17, 15) is 9.90 Å². The second-order valence-corrected chi connectivity index (χ2v) is 4.94. The van der Waals surface area contributed by atoms with Gasteiger partial charge in [-0.05, 0) is 36.4 Å². The topological polar surface area (TPSA) is 79.5 Å². The van der Waals surface area contributed by atoms with Crippen LogP contribution < -0.4 is 9.47 Å². The number of aromatic carboxylic acids is 1. The molecule has 106 valence electrons. The third-order valence-electron chi connectivity index (χ3n) is 2.70. The van der Waals surface area contributed by atoms with Gasteiger partial charge in [0.05, 0.1) is 12.7 Å². The predicted molar refractivity (Wildman–Crippen MR) is 78.9 cm³/mol. The van der Waals surface area contributed by atoms with Gasteiger partial charge in [0.15, 0.2) is 0 Å². The van der Waals surface area contributed by atoms with Gasteiger partial charge in [-0.3, -0.25) is 0 Å². The lowest BCUT2D eigenvalue weighted by Gasteiger charge is -2.11. The highest BCUT2D eigenvalue weighted by Gasteiger charge is 2.15. The minimum absolute atomic E-state index is 0.0406. The molecule has 0 unspecified atom stereocenters. The first-order valence-electron chi connectivity index (χ1n) is 5.84. The maximum atomic E-state index is 11.3. The van der Waals surface area contributed by atoms with E-state index in [2.05, 4.69) is 15.9 Å². The molecule has 0 spiro atoms. The number of ether oxygens (including phenoxy) is 2. The number of carboxylic acid groups (broad SMARTS) is 1. The van der Waals surface area contributed by atoms with Crippen LogP contribution in [0, 0.1) is 11.3 Å². The Balaban J connectivity index is 2.45. The average Bonchev–Trinajstić information content (AvgIpc) is 2.49. The smallest absolute Gasteiger partial charge is 0.339 e. The SMILES string of the molecule is COc1ccc(Oc2ccc(Br)cc2C#N)c(C(=O)O)c1. The number of nitriles is 1. The van der Waals surface area contributed by atoms with Gasteiger partial charge in [-0.2, -0.15) is 5.26 Å². The van der Waals surface area contributed by atoms with Crippen molar-refractivity contribution >= 4 is 21.9 Å². The summed E-state index contributed by atoms with van der Waals surface area (Å²) in [5.41, 5.74) is 0.262. The van der Waals surface area contributed by atoms with Crippen molar-refractivity contribution in [2.45, 2.75) is 0 Å². The maximum Gasteiger partial charge on any atom is 0.339 e. The minimum Gasteiger partial charge on any atom is -0.497 e. The second kappa shape index (κ2) is 6.29. The van der Waals surface area contributed by atoms with Gasteiger partial charge in [0.2, 0.25) is 0 Å². The number of carboxylic acids is 1. The van der Waals surface area contributed by atoms with Crippen molar-refractivity contribution in [2.24, 2.45) is 0 Å². The number of hydrogen-bond acceptors (Lipinski definition) is 4. The number of halogens is 1. The van der Waals surface area contributed by atoms with E-state index in [0.717, 1.165) is 4.47 Å². The fourth-order valence-corrected chi connectivity index (χ4v) is 2.05. The molecule has 0 bridgehead atoms. The molecule has 0 aliphatic heterocycles. The largest absolute Gasteiger partial charge is 0.497 e. The molecule has 0 radical (unpaired) electrons. The molecule has 0 amide bonds. The summed E-state index contributed by atoms with van der Waals surface area (Å²) >= 11 is 3.26. The van der Waals surface area contributed by atoms with Crippen LogP contribution in [-0.2, 0) is 0 Å². The lowest BCUT2D eigenvalue weighted by atomic mass is 10.1. The van der Waals surface area contributed by atoms with Crippen LogP contribution in [0.4, 0.5) is 0 Å². The molecule has 5 nitrogen and oxygen atoms in total. The number of nitrogens with zero attached hydrogens (tertiary/aromatic N) is 1. The van der Waals surface area contributed by atoms with E-state index < -0.39 is 5.97 Å². The van der Waals surface area contributed by atoms with E-state index in [0.29, 0.717) is 11.3 Å². The molecule has 0 atom stereocenters. The molecule has 6 heteroatoms. The molecule has 0 aromatic heterocycles. The van der Waals surface area contributed by atoms with Crippen LogP contribution in [0.2, 0.25) is 0 Å². The molecular formula is C15H10BrNO4. The third kappa shape index (κ3) is 3.33. The Bertz CT molecular complexity index is 737. The first-order valence-corrected chi connectivity index (χ1v) is 6.63. The first kappa shape index (κ1) is 14.9. The summed E-state index contributed by atoms with van der Waals surface area (Å²) in [5.74, 6) is -0.300. The fourth-order valence-electron chi connectivity index (χ4n) is 1.69. The fraction of sp³-hybridized carbons (Fsp3) is 0.0667. The van der Waals surface area contributed by atoms with Crippen LogP contribution in [0.3, 0.4) is 0 Å². The standard InChI is InChI=1S/C15H10BrNO4/c1-20-11-3-5-14(12(7-11)15(18)19)21-13-4-2-10(16)6-9(13)8-17/h2-7H,1H3,(H,18,19). The van der Waals surface area contributed by atoms with Crippen LogP contribution >= 0.6 is 15.9 Å². The van der Waals surface area contributed by atoms with Crippen molar-refractivity contribution in [3.8, 4) is 23.3 Å². The quantitative estimate of drug-likeness (QED) is 0.909. The average molecular weight is 348 g/mol. The molecule has 0 aliphatic carbocycles. The Hall–Kier alpha value is -2.52. The number of rotatable bonds is 4. The van der Waals surface area contributed by atoms with Gasteiger partial charge in [0.1, 0.15) is 28.9 Å². The first-order chi connectivity index (χ1) is 10.0. The van der Waals surface area contributed by atoms with Crippen LogP contribution in [0.5, 0.6) is 17.2 Å². The number of hydrogen-bond donors (Lipinski definition) is 1. The number of methoxy groups -OCH3 is 1. The summed E-state index contributed by atoms with van der Waals surface area (Å²) in [4.78, 5) is 11.3. The van der Waals surface area contributed by atoms with Crippen molar-refractivity contribution in [3.05, 3.63) is 52.0 Å². The molecule has 0 aliphatic rings. The minimum atomic E-state index is -1.14. The van der Waals surface area contributed by atoms with Gasteiger partial charge < -0.3 is 14.6 Å². The zero-order valence-electron chi connectivity index (χ0n) is 11.0. The van der Waals surface area contributed by atoms with E-state index in [1.54, 1.807) is 24.3 Å². The summed E-state index contributed by atoms with van der Waals surface area (Å²) in [6.07, 6.45) is 0. The molecule has 0 saturated heterocycles. The van der Waals surface area contributed by atoms with Crippen LogP contribution in [0.1, 0.15) is 15.9 Å². The Labute approximate surface area is 129 Å². The number of benzene rings is 2. The lowest BCUT2D eigenvalue weighted by Crippen LogP contribution is -2.01. The van der Waals surface area contributed by atoms with E-state index in [4.69, 9.17) is 14.7 Å². The predicted octanol–water partition coefficient (Wildman–Crippen LogP) is 3.82. The molecular weight excluding hydrogens is 338 g/mol. The van der Waals surface area contributed by atoms with Crippen LogP contribution in [-0.4, -0.2) is 18.2 Å². The van der Waals surface area contributed by atoms with Crippen LogP contribution in [0.15, 0.2) is 40.9 Å².